The summed E-state index contributed by atoms with van der Waals surface area (Å²) >= 11 is 0. The van der Waals surface area contributed by atoms with Gasteiger partial charge in [0, 0.05) is 12.5 Å². The van der Waals surface area contributed by atoms with Crippen LogP contribution in [0, 0.1) is 0 Å². The zero-order valence-electron chi connectivity index (χ0n) is 14.0. The molecule has 0 fully saturated rings. The second-order valence-electron chi connectivity index (χ2n) is 5.76. The number of nitrogens with zero attached hydrogens (tertiary/aromatic N) is 1. The fourth-order valence-corrected chi connectivity index (χ4v) is 2.79. The topological polar surface area (TPSA) is 67.9 Å². The first-order valence-corrected chi connectivity index (χ1v) is 8.14. The van der Waals surface area contributed by atoms with Gasteiger partial charge in [0.1, 0.15) is 5.75 Å². The van der Waals surface area contributed by atoms with Gasteiger partial charge >= 0.3 is 6.03 Å². The lowest BCUT2D eigenvalue weighted by Gasteiger charge is -2.21. The van der Waals surface area contributed by atoms with Crippen LogP contribution in [-0.2, 0) is 22.7 Å². The van der Waals surface area contributed by atoms with Gasteiger partial charge in [-0.2, -0.15) is 0 Å². The van der Waals surface area contributed by atoms with Gasteiger partial charge in [-0.05, 0) is 30.0 Å². The summed E-state index contributed by atoms with van der Waals surface area (Å²) in [4.78, 5) is 31.4. The summed E-state index contributed by atoms with van der Waals surface area (Å²) in [7, 11) is 1.55. The molecule has 25 heavy (non-hydrogen) atoms. The van der Waals surface area contributed by atoms with Gasteiger partial charge in [-0.15, -0.1) is 0 Å². The first-order chi connectivity index (χ1) is 12.2. The lowest BCUT2D eigenvalue weighted by molar-refractivity contribution is -0.118. The number of anilines is 1. The zero-order valence-corrected chi connectivity index (χ0v) is 14.0. The Bertz CT molecular complexity index is 761. The molecule has 3 amide bonds. The zero-order chi connectivity index (χ0) is 17.6. The van der Waals surface area contributed by atoms with E-state index >= 15 is 0 Å². The number of methoxy groups -OCH3 is 1. The number of amides is 3. The number of hydrogen-bond acceptors (Lipinski definition) is 4. The highest BCUT2D eigenvalue weighted by molar-refractivity contribution is 6.14. The average molecular weight is 340 g/mol. The van der Waals surface area contributed by atoms with Gasteiger partial charge in [-0.25, -0.2) is 15.2 Å². The van der Waals surface area contributed by atoms with E-state index in [2.05, 4.69) is 5.48 Å². The lowest BCUT2D eigenvalue weighted by Crippen LogP contribution is -2.43. The first kappa shape index (κ1) is 17.0. The van der Waals surface area contributed by atoms with Crippen molar-refractivity contribution < 1.29 is 19.2 Å². The van der Waals surface area contributed by atoms with Gasteiger partial charge < -0.3 is 4.74 Å². The summed E-state index contributed by atoms with van der Waals surface area (Å²) in [5.41, 5.74) is 4.77. The molecule has 1 N–H and O–H groups in total. The molecule has 0 aromatic heterocycles. The van der Waals surface area contributed by atoms with Gasteiger partial charge in [-0.1, -0.05) is 36.4 Å². The van der Waals surface area contributed by atoms with Crippen molar-refractivity contribution in [2.24, 2.45) is 0 Å². The molecule has 0 radical (unpaired) electrons. The fraction of sp³-hybridized carbons (Fsp3) is 0.263. The van der Waals surface area contributed by atoms with Crippen LogP contribution in [0.1, 0.15) is 24.0 Å². The minimum atomic E-state index is -0.600. The number of nitrogens with one attached hydrogen (secondary N) is 1. The third-order valence-electron chi connectivity index (χ3n) is 4.06. The first-order valence-electron chi connectivity index (χ1n) is 8.14. The molecule has 0 saturated carbocycles. The minimum absolute atomic E-state index is 0.222. The Hall–Kier alpha value is -2.86. The number of ether oxygens (including phenoxy) is 1. The van der Waals surface area contributed by atoms with Crippen molar-refractivity contribution in [3.8, 4) is 5.75 Å². The summed E-state index contributed by atoms with van der Waals surface area (Å²) < 4.78 is 5.22. The van der Waals surface area contributed by atoms with Crippen molar-refractivity contribution in [1.29, 1.82) is 0 Å². The molecule has 2 aromatic rings. The van der Waals surface area contributed by atoms with Crippen LogP contribution in [0.3, 0.4) is 0 Å². The standard InChI is InChI=1S/C19H20N2O4/c1-24-16-11-10-15-8-5-9-18(22)21(17(15)12-16)19(23)20-25-13-14-6-3-2-4-7-14/h2-4,6-7,10-12H,5,8-9,13H2,1H3,(H,20,23). The molecule has 0 spiro atoms. The molecule has 0 atom stereocenters. The third-order valence-corrected chi connectivity index (χ3v) is 4.06. The largest absolute Gasteiger partial charge is 0.497 e. The molecule has 0 unspecified atom stereocenters. The van der Waals surface area contributed by atoms with E-state index < -0.39 is 6.03 Å². The number of imide groups is 1. The van der Waals surface area contributed by atoms with Crippen molar-refractivity contribution in [1.82, 2.24) is 5.48 Å². The predicted molar refractivity (Wildman–Crippen MR) is 93.2 cm³/mol. The monoisotopic (exact) mass is 340 g/mol. The van der Waals surface area contributed by atoms with Crippen molar-refractivity contribution in [3.63, 3.8) is 0 Å². The van der Waals surface area contributed by atoms with Crippen molar-refractivity contribution in [2.45, 2.75) is 25.9 Å². The van der Waals surface area contributed by atoms with Crippen LogP contribution in [0.5, 0.6) is 5.75 Å². The summed E-state index contributed by atoms with van der Waals surface area (Å²) in [5.74, 6) is 0.337. The molecule has 1 aliphatic heterocycles. The molecule has 1 heterocycles. The Balaban J connectivity index is 1.75. The Labute approximate surface area is 146 Å². The number of hydrogen-bond donors (Lipinski definition) is 1. The molecule has 6 heteroatoms. The van der Waals surface area contributed by atoms with Crippen LogP contribution in [0.15, 0.2) is 48.5 Å². The maximum atomic E-state index is 12.5. The summed E-state index contributed by atoms with van der Waals surface area (Å²) in [6.07, 6.45) is 1.75. The average Bonchev–Trinajstić information content (AvgIpc) is 2.80. The molecule has 0 bridgehead atoms. The van der Waals surface area contributed by atoms with Gasteiger partial charge in [0.25, 0.3) is 0 Å². The molecule has 3 rings (SSSR count). The van der Waals surface area contributed by atoms with Crippen molar-refractivity contribution in [2.75, 3.05) is 12.0 Å². The van der Waals surface area contributed by atoms with E-state index in [-0.39, 0.29) is 12.5 Å². The van der Waals surface area contributed by atoms with Crippen LogP contribution < -0.4 is 15.1 Å². The van der Waals surface area contributed by atoms with Gasteiger partial charge in [-0.3, -0.25) is 9.63 Å². The molecule has 130 valence electrons. The Morgan fingerprint density at radius 3 is 2.72 bits per heavy atom. The SMILES string of the molecule is COc1ccc2c(c1)N(C(=O)NOCc1ccccc1)C(=O)CCC2. The molecular weight excluding hydrogens is 320 g/mol. The molecule has 1 aliphatic rings. The smallest absolute Gasteiger partial charge is 0.352 e. The predicted octanol–water partition coefficient (Wildman–Crippen LogP) is 3.21. The Morgan fingerprint density at radius 1 is 1.16 bits per heavy atom. The number of fused-ring (bicyclic) bond motifs is 1. The maximum absolute atomic E-state index is 12.5. The quantitative estimate of drug-likeness (QED) is 0.868. The summed E-state index contributed by atoms with van der Waals surface area (Å²) in [5, 5.41) is 0. The van der Waals surface area contributed by atoms with E-state index in [1.54, 1.807) is 13.2 Å². The normalized spacial score (nSPS) is 13.8. The number of aryl methyl sites for hydroxylation is 1. The number of rotatable bonds is 4. The number of hydroxylamine groups is 1. The molecule has 6 nitrogen and oxygen atoms in total. The van der Waals surface area contributed by atoms with Crippen LogP contribution >= 0.6 is 0 Å². The van der Waals surface area contributed by atoms with E-state index in [9.17, 15) is 9.59 Å². The van der Waals surface area contributed by atoms with Crippen molar-refractivity contribution >= 4 is 17.6 Å². The lowest BCUT2D eigenvalue weighted by atomic mass is 10.1. The molecule has 2 aromatic carbocycles. The molecule has 0 saturated heterocycles. The number of urea groups is 1. The number of benzene rings is 2. The number of carbonyl (C=O) groups excluding carboxylic acids is 2. The van der Waals surface area contributed by atoms with Gasteiger partial charge in [0.2, 0.25) is 5.91 Å². The van der Waals surface area contributed by atoms with Crippen molar-refractivity contribution in [3.05, 3.63) is 59.7 Å². The van der Waals surface area contributed by atoms with Gasteiger partial charge in [0.15, 0.2) is 0 Å². The highest BCUT2D eigenvalue weighted by Gasteiger charge is 2.28. The van der Waals surface area contributed by atoms with E-state index in [0.717, 1.165) is 22.4 Å². The Kier molecular flexibility index (Phi) is 5.30. The molecular formula is C19H20N2O4. The van der Waals surface area contributed by atoms with E-state index in [4.69, 9.17) is 9.57 Å². The van der Waals surface area contributed by atoms with Crippen LogP contribution in [0.25, 0.3) is 0 Å². The van der Waals surface area contributed by atoms with E-state index in [0.29, 0.717) is 24.3 Å². The van der Waals surface area contributed by atoms with Crippen LogP contribution in [-0.4, -0.2) is 19.0 Å². The van der Waals surface area contributed by atoms with Crippen LogP contribution in [0.2, 0.25) is 0 Å². The van der Waals surface area contributed by atoms with Crippen LogP contribution in [0.4, 0.5) is 10.5 Å². The maximum Gasteiger partial charge on any atom is 0.352 e. The second kappa shape index (κ2) is 7.81. The summed E-state index contributed by atoms with van der Waals surface area (Å²) in [6.45, 7) is 0.222. The van der Waals surface area contributed by atoms with E-state index in [1.807, 2.05) is 42.5 Å². The summed E-state index contributed by atoms with van der Waals surface area (Å²) in [6, 6.07) is 14.3. The third kappa shape index (κ3) is 3.97. The number of carbonyl (C=O) groups is 2. The minimum Gasteiger partial charge on any atom is -0.497 e. The fourth-order valence-electron chi connectivity index (χ4n) is 2.79. The molecule has 0 aliphatic carbocycles. The Morgan fingerprint density at radius 2 is 1.96 bits per heavy atom. The highest BCUT2D eigenvalue weighted by Crippen LogP contribution is 2.30. The van der Waals surface area contributed by atoms with E-state index in [1.165, 1.54) is 0 Å². The second-order valence-corrected chi connectivity index (χ2v) is 5.76. The highest BCUT2D eigenvalue weighted by atomic mass is 16.7. The van der Waals surface area contributed by atoms with Gasteiger partial charge in [0.05, 0.1) is 19.4 Å².